The lowest BCUT2D eigenvalue weighted by Gasteiger charge is -2.14. The van der Waals surface area contributed by atoms with Crippen LogP contribution in [0.1, 0.15) is 17.3 Å². The van der Waals surface area contributed by atoms with Crippen molar-refractivity contribution in [3.05, 3.63) is 79.9 Å². The van der Waals surface area contributed by atoms with Crippen LogP contribution in [0.25, 0.3) is 16.6 Å². The summed E-state index contributed by atoms with van der Waals surface area (Å²) in [6, 6.07) is 3.90. The van der Waals surface area contributed by atoms with Crippen LogP contribution in [-0.4, -0.2) is 22.1 Å². The molecule has 0 atom stereocenters. The molecule has 0 fully saturated rings. The van der Waals surface area contributed by atoms with Crippen LogP contribution in [0.2, 0.25) is 0 Å². The number of halogens is 3. The van der Waals surface area contributed by atoms with E-state index in [0.717, 1.165) is 22.9 Å². The number of nitrogens with zero attached hydrogens (tertiary/aromatic N) is 2. The molecule has 10 heteroatoms. The average molecular weight is 392 g/mol. The SMILES string of the molecule is CCOC(=O)c1cn(-c2ccc([N+](=O)[O-])cc2F)c2cc(F)c(F)cc2c1=O. The van der Waals surface area contributed by atoms with Crippen LogP contribution in [0.15, 0.2) is 41.3 Å². The number of non-ortho nitro benzene ring substituents is 1. The number of hydrogen-bond donors (Lipinski definition) is 0. The number of nitro groups is 1. The third kappa shape index (κ3) is 3.20. The van der Waals surface area contributed by atoms with E-state index >= 15 is 0 Å². The van der Waals surface area contributed by atoms with Gasteiger partial charge in [-0.3, -0.25) is 14.9 Å². The zero-order valence-electron chi connectivity index (χ0n) is 14.2. The smallest absolute Gasteiger partial charge is 0.343 e. The number of ether oxygens (including phenoxy) is 1. The second kappa shape index (κ2) is 7.14. The van der Waals surface area contributed by atoms with E-state index < -0.39 is 45.0 Å². The van der Waals surface area contributed by atoms with E-state index in [4.69, 9.17) is 4.74 Å². The van der Waals surface area contributed by atoms with Crippen molar-refractivity contribution in [2.75, 3.05) is 6.61 Å². The number of esters is 1. The minimum absolute atomic E-state index is 0.0556. The van der Waals surface area contributed by atoms with Gasteiger partial charge in [0, 0.05) is 18.3 Å². The topological polar surface area (TPSA) is 91.4 Å². The van der Waals surface area contributed by atoms with Crippen LogP contribution in [-0.2, 0) is 4.74 Å². The average Bonchev–Trinajstić information content (AvgIpc) is 2.64. The normalized spacial score (nSPS) is 10.9. The summed E-state index contributed by atoms with van der Waals surface area (Å²) in [6.07, 6.45) is 0.921. The van der Waals surface area contributed by atoms with Crippen LogP contribution < -0.4 is 5.43 Å². The fourth-order valence-electron chi connectivity index (χ4n) is 2.68. The second-order valence-corrected chi connectivity index (χ2v) is 5.64. The van der Waals surface area contributed by atoms with Crippen molar-refractivity contribution in [3.8, 4) is 5.69 Å². The largest absolute Gasteiger partial charge is 0.462 e. The van der Waals surface area contributed by atoms with Gasteiger partial charge >= 0.3 is 5.97 Å². The summed E-state index contributed by atoms with van der Waals surface area (Å²) in [4.78, 5) is 34.6. The van der Waals surface area contributed by atoms with Crippen molar-refractivity contribution in [3.63, 3.8) is 0 Å². The minimum Gasteiger partial charge on any atom is -0.462 e. The molecule has 7 nitrogen and oxygen atoms in total. The molecule has 0 aliphatic rings. The van der Waals surface area contributed by atoms with Crippen LogP contribution in [0.3, 0.4) is 0 Å². The maximum atomic E-state index is 14.5. The number of fused-ring (bicyclic) bond motifs is 1. The molecule has 1 heterocycles. The van der Waals surface area contributed by atoms with Gasteiger partial charge in [0.15, 0.2) is 17.5 Å². The van der Waals surface area contributed by atoms with Crippen LogP contribution in [0, 0.1) is 27.6 Å². The summed E-state index contributed by atoms with van der Waals surface area (Å²) >= 11 is 0. The number of benzene rings is 2. The van der Waals surface area contributed by atoms with Gasteiger partial charge in [-0.05, 0) is 19.1 Å². The minimum atomic E-state index is -1.33. The quantitative estimate of drug-likeness (QED) is 0.385. The summed E-state index contributed by atoms with van der Waals surface area (Å²) in [5.74, 6) is -4.73. The van der Waals surface area contributed by atoms with Crippen molar-refractivity contribution in [2.45, 2.75) is 6.92 Å². The number of hydrogen-bond acceptors (Lipinski definition) is 5. The first kappa shape index (κ1) is 19.1. The molecular weight excluding hydrogens is 381 g/mol. The number of carbonyl (C=O) groups is 1. The molecule has 2 aromatic carbocycles. The summed E-state index contributed by atoms with van der Waals surface area (Å²) < 4.78 is 47.7. The van der Waals surface area contributed by atoms with Crippen molar-refractivity contribution < 1.29 is 27.6 Å². The van der Waals surface area contributed by atoms with E-state index in [1.807, 2.05) is 0 Å². The van der Waals surface area contributed by atoms with E-state index in [2.05, 4.69) is 0 Å². The van der Waals surface area contributed by atoms with Gasteiger partial charge in [-0.25, -0.2) is 18.0 Å². The molecule has 0 radical (unpaired) electrons. The van der Waals surface area contributed by atoms with Crippen molar-refractivity contribution in [1.82, 2.24) is 4.57 Å². The predicted octanol–water partition coefficient (Wildman–Crippen LogP) is 3.49. The summed E-state index contributed by atoms with van der Waals surface area (Å²) in [6.45, 7) is 1.45. The van der Waals surface area contributed by atoms with E-state index in [1.54, 1.807) is 0 Å². The number of pyridine rings is 1. The molecule has 0 amide bonds. The fourth-order valence-corrected chi connectivity index (χ4v) is 2.68. The highest BCUT2D eigenvalue weighted by Crippen LogP contribution is 2.25. The van der Waals surface area contributed by atoms with Crippen LogP contribution in [0.4, 0.5) is 18.9 Å². The van der Waals surface area contributed by atoms with Crippen LogP contribution in [0.5, 0.6) is 0 Å². The molecular formula is C18H11F3N2O5. The lowest BCUT2D eigenvalue weighted by Crippen LogP contribution is -2.21. The molecule has 0 unspecified atom stereocenters. The highest BCUT2D eigenvalue weighted by atomic mass is 19.2. The number of nitro benzene ring substituents is 1. The van der Waals surface area contributed by atoms with Crippen molar-refractivity contribution in [1.29, 1.82) is 0 Å². The first-order chi connectivity index (χ1) is 13.2. The van der Waals surface area contributed by atoms with Gasteiger partial charge in [0.2, 0.25) is 5.43 Å². The van der Waals surface area contributed by atoms with E-state index in [0.29, 0.717) is 18.2 Å². The fraction of sp³-hybridized carbons (Fsp3) is 0.111. The van der Waals surface area contributed by atoms with Gasteiger partial charge in [0.1, 0.15) is 5.56 Å². The monoisotopic (exact) mass is 392 g/mol. The Kier molecular flexibility index (Phi) is 4.87. The Morgan fingerprint density at radius 3 is 2.43 bits per heavy atom. The number of aromatic nitrogens is 1. The molecule has 0 saturated carbocycles. The number of rotatable bonds is 4. The third-order valence-corrected chi connectivity index (χ3v) is 3.94. The first-order valence-electron chi connectivity index (χ1n) is 7.90. The summed E-state index contributed by atoms with van der Waals surface area (Å²) in [7, 11) is 0. The van der Waals surface area contributed by atoms with Gasteiger partial charge in [-0.2, -0.15) is 0 Å². The van der Waals surface area contributed by atoms with Crippen LogP contribution >= 0.6 is 0 Å². The molecule has 0 aliphatic heterocycles. The zero-order chi connectivity index (χ0) is 20.6. The Bertz CT molecular complexity index is 1190. The Morgan fingerprint density at radius 2 is 1.82 bits per heavy atom. The molecule has 3 rings (SSSR count). The molecule has 3 aromatic rings. The van der Waals surface area contributed by atoms with Crippen molar-refractivity contribution >= 4 is 22.6 Å². The highest BCUT2D eigenvalue weighted by Gasteiger charge is 2.21. The lowest BCUT2D eigenvalue weighted by molar-refractivity contribution is -0.385. The molecule has 1 aromatic heterocycles. The van der Waals surface area contributed by atoms with Gasteiger partial charge in [-0.1, -0.05) is 0 Å². The van der Waals surface area contributed by atoms with Gasteiger partial charge in [-0.15, -0.1) is 0 Å². The number of carbonyl (C=O) groups excluding carboxylic acids is 1. The first-order valence-corrected chi connectivity index (χ1v) is 7.90. The zero-order valence-corrected chi connectivity index (χ0v) is 14.2. The Morgan fingerprint density at radius 1 is 1.14 bits per heavy atom. The Hall–Kier alpha value is -3.69. The van der Waals surface area contributed by atoms with Crippen molar-refractivity contribution in [2.24, 2.45) is 0 Å². The van der Waals surface area contributed by atoms with Gasteiger partial charge in [0.25, 0.3) is 5.69 Å². The van der Waals surface area contributed by atoms with E-state index in [-0.39, 0.29) is 23.2 Å². The second-order valence-electron chi connectivity index (χ2n) is 5.64. The molecule has 0 bridgehead atoms. The third-order valence-electron chi connectivity index (χ3n) is 3.94. The standard InChI is InChI=1S/C18H11F3N2O5/c1-2-28-18(25)11-8-22(15-4-3-9(23(26)27)5-14(15)21)16-7-13(20)12(19)6-10(16)17(11)24/h3-8H,2H2,1H3. The highest BCUT2D eigenvalue weighted by molar-refractivity contribution is 5.94. The van der Waals surface area contributed by atoms with E-state index in [1.165, 1.54) is 6.92 Å². The molecule has 0 spiro atoms. The molecule has 144 valence electrons. The molecule has 0 aliphatic carbocycles. The van der Waals surface area contributed by atoms with Gasteiger partial charge in [0.05, 0.1) is 34.2 Å². The molecule has 0 N–H and O–H groups in total. The predicted molar refractivity (Wildman–Crippen MR) is 92.0 cm³/mol. The Balaban J connectivity index is 2.39. The Labute approximate surface area is 154 Å². The van der Waals surface area contributed by atoms with E-state index in [9.17, 15) is 32.9 Å². The summed E-state index contributed by atoms with van der Waals surface area (Å²) in [5.41, 5.74) is -2.53. The molecule has 0 saturated heterocycles. The summed E-state index contributed by atoms with van der Waals surface area (Å²) in [5, 5.41) is 10.4. The lowest BCUT2D eigenvalue weighted by atomic mass is 10.1. The maximum Gasteiger partial charge on any atom is 0.343 e. The maximum absolute atomic E-state index is 14.5. The molecule has 28 heavy (non-hydrogen) atoms. The van der Waals surface area contributed by atoms with Gasteiger partial charge < -0.3 is 9.30 Å².